The predicted octanol–water partition coefficient (Wildman–Crippen LogP) is 1.96. The second-order valence-electron chi connectivity index (χ2n) is 4.92. The van der Waals surface area contributed by atoms with Gasteiger partial charge in [-0.25, -0.2) is 0 Å². The topological polar surface area (TPSA) is 38.3 Å². The van der Waals surface area contributed by atoms with Gasteiger partial charge in [-0.2, -0.15) is 0 Å². The van der Waals surface area contributed by atoms with Gasteiger partial charge in [-0.05, 0) is 33.6 Å². The normalized spacial score (nSPS) is 12.3. The molecule has 0 saturated heterocycles. The predicted molar refractivity (Wildman–Crippen MR) is 58.1 cm³/mol. The monoisotopic (exact) mass is 201 g/mol. The summed E-state index contributed by atoms with van der Waals surface area (Å²) in [6.07, 6.45) is 0. The molecular formula is C11H23NO2. The molecule has 3 nitrogen and oxygen atoms in total. The zero-order chi connectivity index (χ0) is 11.4. The van der Waals surface area contributed by atoms with Crippen molar-refractivity contribution in [2.45, 2.75) is 53.1 Å². The molecule has 0 rings (SSSR count). The van der Waals surface area contributed by atoms with E-state index in [1.807, 2.05) is 41.5 Å². The number of hydrogen-bond acceptors (Lipinski definition) is 3. The van der Waals surface area contributed by atoms with E-state index in [-0.39, 0.29) is 12.0 Å². The Bertz CT molecular complexity index is 186. The minimum Gasteiger partial charge on any atom is -0.464 e. The maximum Gasteiger partial charge on any atom is 0.325 e. The summed E-state index contributed by atoms with van der Waals surface area (Å²) < 4.78 is 5.17. The minimum absolute atomic E-state index is 0.181. The van der Waals surface area contributed by atoms with Gasteiger partial charge in [0.15, 0.2) is 0 Å². The Morgan fingerprint density at radius 3 is 2.14 bits per heavy atom. The highest BCUT2D eigenvalue weighted by Crippen LogP contribution is 2.07. The van der Waals surface area contributed by atoms with E-state index in [0.717, 1.165) is 0 Å². The fourth-order valence-electron chi connectivity index (χ4n) is 1.20. The van der Waals surface area contributed by atoms with Crippen molar-refractivity contribution in [2.24, 2.45) is 5.92 Å². The molecule has 0 saturated carbocycles. The lowest BCUT2D eigenvalue weighted by Gasteiger charge is -2.26. The molecular weight excluding hydrogens is 178 g/mol. The van der Waals surface area contributed by atoms with Gasteiger partial charge >= 0.3 is 5.97 Å². The Kier molecular flexibility index (Phi) is 5.13. The Morgan fingerprint density at radius 1 is 1.29 bits per heavy atom. The van der Waals surface area contributed by atoms with Gasteiger partial charge < -0.3 is 10.1 Å². The maximum absolute atomic E-state index is 11.6. The molecule has 14 heavy (non-hydrogen) atoms. The largest absolute Gasteiger partial charge is 0.464 e. The van der Waals surface area contributed by atoms with Gasteiger partial charge in [0, 0.05) is 6.04 Å². The second kappa shape index (κ2) is 5.35. The highest BCUT2D eigenvalue weighted by molar-refractivity contribution is 5.79. The van der Waals surface area contributed by atoms with E-state index in [4.69, 9.17) is 4.74 Å². The molecule has 0 aliphatic heterocycles. The van der Waals surface area contributed by atoms with Crippen LogP contribution in [0.2, 0.25) is 0 Å². The number of ether oxygens (including phenoxy) is 1. The first-order chi connectivity index (χ1) is 6.25. The number of esters is 1. The minimum atomic E-state index is -0.594. The number of nitrogens with one attached hydrogen (secondary N) is 1. The van der Waals surface area contributed by atoms with Gasteiger partial charge in [-0.1, -0.05) is 13.8 Å². The molecule has 0 aromatic carbocycles. The molecule has 0 spiro atoms. The van der Waals surface area contributed by atoms with Gasteiger partial charge in [0.2, 0.25) is 0 Å². The van der Waals surface area contributed by atoms with E-state index in [9.17, 15) is 4.79 Å². The lowest BCUT2D eigenvalue weighted by atomic mass is 10.1. The van der Waals surface area contributed by atoms with Crippen LogP contribution in [0.4, 0.5) is 0 Å². The van der Waals surface area contributed by atoms with Crippen molar-refractivity contribution < 1.29 is 9.53 Å². The van der Waals surface area contributed by atoms with Crippen LogP contribution in [0.1, 0.15) is 41.5 Å². The molecule has 0 aliphatic rings. The summed E-state index contributed by atoms with van der Waals surface area (Å²) in [5.74, 6) is 0.203. The fourth-order valence-corrected chi connectivity index (χ4v) is 1.20. The van der Waals surface area contributed by atoms with Crippen molar-refractivity contribution in [1.29, 1.82) is 0 Å². The smallest absolute Gasteiger partial charge is 0.325 e. The summed E-state index contributed by atoms with van der Waals surface area (Å²) in [6, 6.07) is 0.275. The van der Waals surface area contributed by atoms with Crippen LogP contribution in [0, 0.1) is 5.92 Å². The Morgan fingerprint density at radius 2 is 1.79 bits per heavy atom. The van der Waals surface area contributed by atoms with E-state index < -0.39 is 5.54 Å². The Balaban J connectivity index is 4.08. The van der Waals surface area contributed by atoms with Crippen molar-refractivity contribution in [3.63, 3.8) is 0 Å². The van der Waals surface area contributed by atoms with Crippen LogP contribution in [0.25, 0.3) is 0 Å². The summed E-state index contributed by atoms with van der Waals surface area (Å²) in [5.41, 5.74) is -0.594. The van der Waals surface area contributed by atoms with Gasteiger partial charge in [-0.15, -0.1) is 0 Å². The summed E-state index contributed by atoms with van der Waals surface area (Å²) in [6.45, 7) is 12.2. The zero-order valence-electron chi connectivity index (χ0n) is 10.2. The van der Waals surface area contributed by atoms with Crippen molar-refractivity contribution in [2.75, 3.05) is 6.61 Å². The molecule has 84 valence electrons. The van der Waals surface area contributed by atoms with Crippen molar-refractivity contribution in [3.8, 4) is 0 Å². The molecule has 0 amide bonds. The Labute approximate surface area is 87.2 Å². The summed E-state index contributed by atoms with van der Waals surface area (Å²) in [7, 11) is 0. The molecule has 0 atom stereocenters. The number of rotatable bonds is 5. The van der Waals surface area contributed by atoms with Gasteiger partial charge in [0.1, 0.15) is 5.54 Å². The van der Waals surface area contributed by atoms with Crippen LogP contribution in [0.5, 0.6) is 0 Å². The highest BCUT2D eigenvalue weighted by Gasteiger charge is 2.29. The number of carbonyl (C=O) groups excluding carboxylic acids is 1. The number of hydrogen-bond donors (Lipinski definition) is 1. The Hall–Kier alpha value is -0.570. The maximum atomic E-state index is 11.6. The van der Waals surface area contributed by atoms with E-state index in [1.165, 1.54) is 0 Å². The molecule has 0 fully saturated rings. The summed E-state index contributed by atoms with van der Waals surface area (Å²) in [5, 5.41) is 3.17. The third-order valence-corrected chi connectivity index (χ3v) is 1.71. The average Bonchev–Trinajstić information content (AvgIpc) is 1.97. The molecule has 0 heterocycles. The summed E-state index contributed by atoms with van der Waals surface area (Å²) >= 11 is 0. The van der Waals surface area contributed by atoms with Gasteiger partial charge in [-0.3, -0.25) is 4.79 Å². The first-order valence-electron chi connectivity index (χ1n) is 5.20. The van der Waals surface area contributed by atoms with Crippen LogP contribution in [0.15, 0.2) is 0 Å². The average molecular weight is 201 g/mol. The molecule has 0 radical (unpaired) electrons. The van der Waals surface area contributed by atoms with Gasteiger partial charge in [0.25, 0.3) is 0 Å². The zero-order valence-corrected chi connectivity index (χ0v) is 10.2. The third kappa shape index (κ3) is 5.22. The summed E-state index contributed by atoms with van der Waals surface area (Å²) in [4.78, 5) is 11.6. The van der Waals surface area contributed by atoms with E-state index in [0.29, 0.717) is 12.5 Å². The second-order valence-corrected chi connectivity index (χ2v) is 4.92. The SMILES string of the molecule is CC(C)COC(=O)C(C)(C)NC(C)C. The lowest BCUT2D eigenvalue weighted by Crippen LogP contribution is -2.50. The van der Waals surface area contributed by atoms with Crippen LogP contribution < -0.4 is 5.32 Å². The van der Waals surface area contributed by atoms with Crippen LogP contribution >= 0.6 is 0 Å². The van der Waals surface area contributed by atoms with Crippen LogP contribution in [-0.2, 0) is 9.53 Å². The van der Waals surface area contributed by atoms with Crippen LogP contribution in [0.3, 0.4) is 0 Å². The fraction of sp³-hybridized carbons (Fsp3) is 0.909. The van der Waals surface area contributed by atoms with E-state index >= 15 is 0 Å². The molecule has 0 aromatic heterocycles. The first kappa shape index (κ1) is 13.4. The van der Waals surface area contributed by atoms with E-state index in [2.05, 4.69) is 5.32 Å². The van der Waals surface area contributed by atoms with Crippen LogP contribution in [-0.4, -0.2) is 24.2 Å². The molecule has 0 unspecified atom stereocenters. The molecule has 0 aliphatic carbocycles. The lowest BCUT2D eigenvalue weighted by molar-refractivity contribution is -0.151. The third-order valence-electron chi connectivity index (χ3n) is 1.71. The van der Waals surface area contributed by atoms with Gasteiger partial charge in [0.05, 0.1) is 6.61 Å². The molecule has 0 aromatic rings. The molecule has 0 bridgehead atoms. The van der Waals surface area contributed by atoms with Crippen molar-refractivity contribution in [3.05, 3.63) is 0 Å². The molecule has 3 heteroatoms. The standard InChI is InChI=1S/C11H23NO2/c1-8(2)7-14-10(13)11(5,6)12-9(3)4/h8-9,12H,7H2,1-6H3. The van der Waals surface area contributed by atoms with Crippen molar-refractivity contribution >= 4 is 5.97 Å². The highest BCUT2D eigenvalue weighted by atomic mass is 16.5. The number of carbonyl (C=O) groups is 1. The van der Waals surface area contributed by atoms with E-state index in [1.54, 1.807) is 0 Å². The van der Waals surface area contributed by atoms with Crippen molar-refractivity contribution in [1.82, 2.24) is 5.32 Å². The molecule has 1 N–H and O–H groups in total. The quantitative estimate of drug-likeness (QED) is 0.691. The first-order valence-corrected chi connectivity index (χ1v) is 5.20.